The highest BCUT2D eigenvalue weighted by Gasteiger charge is 2.34. The minimum Gasteiger partial charge on any atom is -0.423 e. The fraction of sp³-hybridized carbons (Fsp3) is 0.316. The van der Waals surface area contributed by atoms with E-state index in [0.29, 0.717) is 17.6 Å². The van der Waals surface area contributed by atoms with E-state index >= 15 is 0 Å². The second kappa shape index (κ2) is 9.04. The minimum atomic E-state index is -1.08. The number of benzene rings is 2. The predicted molar refractivity (Wildman–Crippen MR) is 107 cm³/mol. The largest absolute Gasteiger partial charge is 0.492 e. The van der Waals surface area contributed by atoms with Crippen molar-refractivity contribution in [2.24, 2.45) is 5.73 Å². The number of nitrogens with one attached hydrogen (secondary N) is 1. The lowest BCUT2D eigenvalue weighted by molar-refractivity contribution is -0.120. The van der Waals surface area contributed by atoms with Crippen LogP contribution in [0.3, 0.4) is 0 Å². The van der Waals surface area contributed by atoms with Crippen LogP contribution >= 0.6 is 11.6 Å². The zero-order valence-electron chi connectivity index (χ0n) is 15.1. The first-order valence-electron chi connectivity index (χ1n) is 8.90. The number of alkyl halides is 1. The monoisotopic (exact) mass is 404 g/mol. The summed E-state index contributed by atoms with van der Waals surface area (Å²) in [4.78, 5) is 11.4. The Kier molecular flexibility index (Phi) is 6.71. The molecular weight excluding hydrogens is 382 g/mol. The quantitative estimate of drug-likeness (QED) is 0.322. The third-order valence-electron chi connectivity index (χ3n) is 4.84. The summed E-state index contributed by atoms with van der Waals surface area (Å²) in [6, 6.07) is 11.9. The molecular formula is C19H22BClN2O5. The molecule has 0 radical (unpaired) electrons. The topological polar surface area (TPSA) is 125 Å². The molecule has 148 valence electrons. The van der Waals surface area contributed by atoms with Gasteiger partial charge in [0.1, 0.15) is 12.0 Å². The molecule has 6 N–H and O–H groups in total. The maximum Gasteiger partial charge on any atom is 0.492 e. The molecule has 1 aliphatic heterocycles. The number of nitrogens with two attached hydrogens (primary N) is 1. The van der Waals surface area contributed by atoms with Gasteiger partial charge in [-0.05, 0) is 27.7 Å². The van der Waals surface area contributed by atoms with Crippen molar-refractivity contribution < 1.29 is 24.7 Å². The number of aliphatic hydroxyl groups excluding tert-OH is 2. The van der Waals surface area contributed by atoms with Crippen molar-refractivity contribution in [1.82, 2.24) is 5.32 Å². The summed E-state index contributed by atoms with van der Waals surface area (Å²) in [5, 5.41) is 32.4. The second-order valence-electron chi connectivity index (χ2n) is 6.61. The molecule has 0 aromatic heterocycles. The van der Waals surface area contributed by atoms with Crippen molar-refractivity contribution >= 4 is 30.1 Å². The summed E-state index contributed by atoms with van der Waals surface area (Å²) in [5.74, 6) is -0.716. The van der Waals surface area contributed by atoms with Crippen LogP contribution in [0.4, 0.5) is 0 Å². The van der Waals surface area contributed by atoms with Crippen LogP contribution < -0.4 is 16.5 Å². The van der Waals surface area contributed by atoms with Crippen LogP contribution in [0.2, 0.25) is 0 Å². The minimum absolute atomic E-state index is 0.249. The lowest BCUT2D eigenvalue weighted by Gasteiger charge is -2.22. The average Bonchev–Trinajstić information content (AvgIpc) is 3.06. The van der Waals surface area contributed by atoms with Crippen molar-refractivity contribution in [2.45, 2.75) is 18.2 Å². The van der Waals surface area contributed by atoms with Crippen LogP contribution in [0.15, 0.2) is 42.5 Å². The van der Waals surface area contributed by atoms with E-state index in [-0.39, 0.29) is 12.0 Å². The first kappa shape index (κ1) is 20.8. The number of aliphatic hydroxyl groups is 2. The Hall–Kier alpha value is -1.94. The Morgan fingerprint density at radius 1 is 1.25 bits per heavy atom. The third-order valence-corrected chi connectivity index (χ3v) is 5.08. The fourth-order valence-electron chi connectivity index (χ4n) is 3.32. The second-order valence-corrected chi connectivity index (χ2v) is 6.88. The Bertz CT molecular complexity index is 836. The van der Waals surface area contributed by atoms with E-state index in [0.717, 1.165) is 16.7 Å². The molecule has 1 heterocycles. The van der Waals surface area contributed by atoms with Gasteiger partial charge >= 0.3 is 7.12 Å². The molecule has 0 saturated heterocycles. The zero-order chi connectivity index (χ0) is 20.3. The van der Waals surface area contributed by atoms with E-state index in [9.17, 15) is 20.0 Å². The number of amides is 1. The van der Waals surface area contributed by atoms with Crippen molar-refractivity contribution in [1.29, 1.82) is 0 Å². The SMILES string of the molecule is NC[C@H]1OB(O)c2cc(-c3ccc([C@@H](O)[C@@H](CO)NC(=O)CCl)cc3)ccc21. The third kappa shape index (κ3) is 4.22. The molecule has 3 rings (SSSR count). The normalized spacial score (nSPS) is 17.9. The molecule has 0 unspecified atom stereocenters. The van der Waals surface area contributed by atoms with Gasteiger partial charge in [0.05, 0.1) is 18.8 Å². The van der Waals surface area contributed by atoms with E-state index in [1.54, 1.807) is 12.1 Å². The highest BCUT2D eigenvalue weighted by Crippen LogP contribution is 2.28. The zero-order valence-corrected chi connectivity index (χ0v) is 15.8. The van der Waals surface area contributed by atoms with E-state index in [1.165, 1.54) is 0 Å². The summed E-state index contributed by atoms with van der Waals surface area (Å²) in [6.07, 6.45) is -1.39. The van der Waals surface area contributed by atoms with Gasteiger partial charge in [0.2, 0.25) is 5.91 Å². The summed E-state index contributed by atoms with van der Waals surface area (Å²) in [6.45, 7) is -0.126. The molecule has 28 heavy (non-hydrogen) atoms. The summed E-state index contributed by atoms with van der Waals surface area (Å²) in [5.41, 5.74) is 9.56. The standard InChI is InChI=1S/C19H22BClN2O5/c21-8-18(25)23-16(10-24)19(26)12-3-1-11(2-4-12)13-5-6-14-15(7-13)20(27)28-17(14)9-22/h1-7,16-17,19,24,26-27H,8-10,22H2,(H,23,25)/t16-,17-,19-/m1/s1. The van der Waals surface area contributed by atoms with E-state index in [4.69, 9.17) is 22.0 Å². The smallest absolute Gasteiger partial charge is 0.423 e. The average molecular weight is 405 g/mol. The molecule has 0 fully saturated rings. The van der Waals surface area contributed by atoms with Crippen molar-refractivity contribution in [3.8, 4) is 11.1 Å². The fourth-order valence-corrected chi connectivity index (χ4v) is 3.40. The molecule has 0 spiro atoms. The maximum atomic E-state index is 11.4. The van der Waals surface area contributed by atoms with Gasteiger partial charge in [0.15, 0.2) is 0 Å². The van der Waals surface area contributed by atoms with E-state index < -0.39 is 31.8 Å². The molecule has 0 aliphatic carbocycles. The molecule has 2 aromatic carbocycles. The Balaban J connectivity index is 1.79. The number of carbonyl (C=O) groups is 1. The summed E-state index contributed by atoms with van der Waals surface area (Å²) >= 11 is 5.45. The first-order valence-corrected chi connectivity index (χ1v) is 9.44. The predicted octanol–water partition coefficient (Wildman–Crippen LogP) is -0.180. The molecule has 2 aromatic rings. The number of fused-ring (bicyclic) bond motifs is 1. The number of halogens is 1. The molecule has 0 bridgehead atoms. The molecule has 7 nitrogen and oxygen atoms in total. The lowest BCUT2D eigenvalue weighted by Crippen LogP contribution is -2.42. The van der Waals surface area contributed by atoms with Crippen LogP contribution in [0.5, 0.6) is 0 Å². The van der Waals surface area contributed by atoms with Gasteiger partial charge in [-0.25, -0.2) is 0 Å². The Morgan fingerprint density at radius 3 is 2.54 bits per heavy atom. The van der Waals surface area contributed by atoms with Gasteiger partial charge in [-0.15, -0.1) is 11.6 Å². The lowest BCUT2D eigenvalue weighted by atomic mass is 9.78. The van der Waals surface area contributed by atoms with Gasteiger partial charge in [0, 0.05) is 6.54 Å². The van der Waals surface area contributed by atoms with Crippen LogP contribution in [0.1, 0.15) is 23.3 Å². The molecule has 1 amide bonds. The summed E-state index contributed by atoms with van der Waals surface area (Å²) < 4.78 is 5.43. The van der Waals surface area contributed by atoms with Crippen molar-refractivity contribution in [3.05, 3.63) is 53.6 Å². The molecule has 9 heteroatoms. The molecule has 1 aliphatic rings. The van der Waals surface area contributed by atoms with Crippen molar-refractivity contribution in [2.75, 3.05) is 19.0 Å². The number of hydrogen-bond donors (Lipinski definition) is 5. The first-order chi connectivity index (χ1) is 13.5. The van der Waals surface area contributed by atoms with E-state index in [2.05, 4.69) is 5.32 Å². The van der Waals surface area contributed by atoms with Crippen LogP contribution in [0, 0.1) is 0 Å². The Morgan fingerprint density at radius 2 is 1.93 bits per heavy atom. The van der Waals surface area contributed by atoms with Gasteiger partial charge < -0.3 is 30.9 Å². The van der Waals surface area contributed by atoms with Gasteiger partial charge in [0.25, 0.3) is 0 Å². The number of rotatable bonds is 7. The highest BCUT2D eigenvalue weighted by molar-refractivity contribution is 6.61. The van der Waals surface area contributed by atoms with Crippen molar-refractivity contribution in [3.63, 3.8) is 0 Å². The number of hydrogen-bond acceptors (Lipinski definition) is 6. The maximum absolute atomic E-state index is 11.4. The van der Waals surface area contributed by atoms with Gasteiger partial charge in [-0.1, -0.05) is 42.5 Å². The molecule has 0 saturated carbocycles. The van der Waals surface area contributed by atoms with Gasteiger partial charge in [-0.2, -0.15) is 0 Å². The Labute approximate surface area is 168 Å². The van der Waals surface area contributed by atoms with Crippen LogP contribution in [-0.4, -0.2) is 53.3 Å². The van der Waals surface area contributed by atoms with Crippen LogP contribution in [-0.2, 0) is 9.45 Å². The molecule has 3 atom stereocenters. The van der Waals surface area contributed by atoms with Crippen LogP contribution in [0.25, 0.3) is 11.1 Å². The highest BCUT2D eigenvalue weighted by atomic mass is 35.5. The summed E-state index contributed by atoms with van der Waals surface area (Å²) in [7, 11) is -1.000. The number of carbonyl (C=O) groups excluding carboxylic acids is 1. The van der Waals surface area contributed by atoms with E-state index in [1.807, 2.05) is 30.3 Å². The van der Waals surface area contributed by atoms with Gasteiger partial charge in [-0.3, -0.25) is 4.79 Å².